The zero-order valence-corrected chi connectivity index (χ0v) is 17.1. The van der Waals surface area contributed by atoms with Gasteiger partial charge < -0.3 is 4.90 Å². The Morgan fingerprint density at radius 1 is 1.00 bits per heavy atom. The molecule has 144 valence electrons. The van der Waals surface area contributed by atoms with Gasteiger partial charge >= 0.3 is 0 Å². The average Bonchev–Trinajstić information content (AvgIpc) is 3.15. The number of thiophene rings is 1. The third-order valence-electron chi connectivity index (χ3n) is 5.62. The lowest BCUT2D eigenvalue weighted by atomic mass is 9.94. The van der Waals surface area contributed by atoms with E-state index in [1.165, 1.54) is 15.6 Å². The zero-order chi connectivity index (χ0) is 19.3. The minimum atomic E-state index is 0.177. The molecule has 0 bridgehead atoms. The Labute approximate surface area is 170 Å². The fourth-order valence-electron chi connectivity index (χ4n) is 4.06. The molecule has 2 aromatic carbocycles. The quantitative estimate of drug-likeness (QED) is 0.576. The van der Waals surface area contributed by atoms with Gasteiger partial charge in [0.05, 0.1) is 0 Å². The van der Waals surface area contributed by atoms with Crippen LogP contribution in [0.4, 0.5) is 0 Å². The molecule has 1 saturated heterocycles. The molecule has 0 saturated carbocycles. The van der Waals surface area contributed by atoms with Gasteiger partial charge in [0.1, 0.15) is 5.94 Å². The van der Waals surface area contributed by atoms with Crippen LogP contribution >= 0.6 is 11.3 Å². The molecule has 4 rings (SSSR count). The normalized spacial score (nSPS) is 16.8. The molecule has 1 aliphatic heterocycles. The zero-order valence-electron chi connectivity index (χ0n) is 16.3. The van der Waals surface area contributed by atoms with Crippen molar-refractivity contribution in [2.24, 2.45) is 5.92 Å². The van der Waals surface area contributed by atoms with Gasteiger partial charge in [-0.15, -0.1) is 11.3 Å². The van der Waals surface area contributed by atoms with Crippen LogP contribution in [0.15, 0.2) is 60.0 Å². The van der Waals surface area contributed by atoms with Crippen LogP contribution in [0.1, 0.15) is 18.1 Å². The molecule has 0 radical (unpaired) electrons. The van der Waals surface area contributed by atoms with Gasteiger partial charge in [-0.1, -0.05) is 55.5 Å². The Morgan fingerprint density at radius 3 is 2.43 bits per heavy atom. The van der Waals surface area contributed by atoms with Crippen LogP contribution in [-0.4, -0.2) is 48.5 Å². The number of rotatable bonds is 6. The number of nitrogens with zero attached hydrogens (tertiary/aromatic N) is 2. The van der Waals surface area contributed by atoms with E-state index in [0.29, 0.717) is 0 Å². The van der Waals surface area contributed by atoms with Gasteiger partial charge in [-0.05, 0) is 11.6 Å². The first-order valence-electron chi connectivity index (χ1n) is 9.95. The smallest absolute Gasteiger partial charge is 0.128 e. The van der Waals surface area contributed by atoms with E-state index in [0.717, 1.165) is 50.4 Å². The van der Waals surface area contributed by atoms with Crippen molar-refractivity contribution < 1.29 is 4.79 Å². The lowest BCUT2D eigenvalue weighted by molar-refractivity contribution is 0.121. The summed E-state index contributed by atoms with van der Waals surface area (Å²) in [4.78, 5) is 16.8. The second-order valence-electron chi connectivity index (χ2n) is 7.62. The summed E-state index contributed by atoms with van der Waals surface area (Å²) in [5, 5.41) is 3.28. The second-order valence-corrected chi connectivity index (χ2v) is 8.54. The first-order valence-corrected chi connectivity index (χ1v) is 10.8. The Morgan fingerprint density at radius 2 is 1.68 bits per heavy atom. The summed E-state index contributed by atoms with van der Waals surface area (Å²) in [6, 6.07) is 19.0. The average molecular weight is 391 g/mol. The number of carbonyl (C=O) groups excluding carboxylic acids is 1. The second kappa shape index (κ2) is 8.85. The van der Waals surface area contributed by atoms with Gasteiger partial charge in [0.15, 0.2) is 0 Å². The van der Waals surface area contributed by atoms with E-state index in [-0.39, 0.29) is 5.92 Å². The van der Waals surface area contributed by atoms with E-state index in [2.05, 4.69) is 70.5 Å². The number of hydrogen-bond donors (Lipinski definition) is 0. The summed E-state index contributed by atoms with van der Waals surface area (Å²) in [5.74, 6) is 2.44. The van der Waals surface area contributed by atoms with E-state index in [9.17, 15) is 4.79 Å². The molecule has 4 heteroatoms. The first-order chi connectivity index (χ1) is 13.7. The van der Waals surface area contributed by atoms with Gasteiger partial charge in [0.2, 0.25) is 0 Å². The number of hydrogen-bond acceptors (Lipinski definition) is 4. The van der Waals surface area contributed by atoms with Gasteiger partial charge in [-0.2, -0.15) is 0 Å². The Bertz CT molecular complexity index is 966. The van der Waals surface area contributed by atoms with Crippen LogP contribution in [0.2, 0.25) is 0 Å². The summed E-state index contributed by atoms with van der Waals surface area (Å²) in [6.07, 6.45) is 0. The summed E-state index contributed by atoms with van der Waals surface area (Å²) < 4.78 is 1.23. The maximum Gasteiger partial charge on any atom is 0.128 e. The van der Waals surface area contributed by atoms with Crippen LogP contribution in [-0.2, 0) is 11.3 Å². The highest BCUT2D eigenvalue weighted by Crippen LogP contribution is 2.33. The Balaban J connectivity index is 1.36. The minimum absolute atomic E-state index is 0.177. The van der Waals surface area contributed by atoms with Crippen molar-refractivity contribution in [2.75, 3.05) is 32.7 Å². The van der Waals surface area contributed by atoms with Crippen molar-refractivity contribution in [3.05, 3.63) is 71.1 Å². The van der Waals surface area contributed by atoms with Gasteiger partial charge in [-0.25, -0.2) is 4.79 Å². The molecule has 2 heterocycles. The molecule has 0 amide bonds. The SMILES string of the molecule is CC(CN1CCN(Cc2ccccc2)CC1)C(=C=O)c1csc2ccccc12. The maximum atomic E-state index is 11.8. The number of fused-ring (bicyclic) bond motifs is 1. The van der Waals surface area contributed by atoms with Crippen LogP contribution in [0.25, 0.3) is 15.7 Å². The van der Waals surface area contributed by atoms with Gasteiger partial charge in [0, 0.05) is 71.8 Å². The molecule has 1 fully saturated rings. The topological polar surface area (TPSA) is 23.6 Å². The van der Waals surface area contributed by atoms with Gasteiger partial charge in [-0.3, -0.25) is 4.90 Å². The third-order valence-corrected chi connectivity index (χ3v) is 6.58. The van der Waals surface area contributed by atoms with Crippen molar-refractivity contribution in [1.29, 1.82) is 0 Å². The number of benzene rings is 2. The Kier molecular flexibility index (Phi) is 6.04. The fraction of sp³-hybridized carbons (Fsp3) is 0.333. The standard InChI is InChI=1S/C24H26N2OS/c1-19(22(17-27)23-18-28-24-10-6-5-9-21(23)24)15-25-11-13-26(14-12-25)16-20-7-3-2-4-8-20/h2-10,18-19H,11-16H2,1H3. The summed E-state index contributed by atoms with van der Waals surface area (Å²) in [5.41, 5.74) is 3.25. The van der Waals surface area contributed by atoms with E-state index in [1.807, 2.05) is 12.1 Å². The third kappa shape index (κ3) is 4.26. The molecule has 3 aromatic rings. The summed E-state index contributed by atoms with van der Waals surface area (Å²) >= 11 is 1.70. The van der Waals surface area contributed by atoms with Crippen LogP contribution in [0.3, 0.4) is 0 Å². The molecule has 0 aliphatic carbocycles. The van der Waals surface area contributed by atoms with Crippen molar-refractivity contribution in [1.82, 2.24) is 9.80 Å². The molecule has 1 aromatic heterocycles. The fourth-order valence-corrected chi connectivity index (χ4v) is 5.02. The molecule has 28 heavy (non-hydrogen) atoms. The molecular weight excluding hydrogens is 364 g/mol. The van der Waals surface area contributed by atoms with Crippen molar-refractivity contribution in [3.8, 4) is 0 Å². The van der Waals surface area contributed by atoms with E-state index < -0.39 is 0 Å². The minimum Gasteiger partial charge on any atom is -0.300 e. The highest BCUT2D eigenvalue weighted by Gasteiger charge is 2.22. The predicted molar refractivity (Wildman–Crippen MR) is 118 cm³/mol. The lowest BCUT2D eigenvalue weighted by Crippen LogP contribution is -2.47. The highest BCUT2D eigenvalue weighted by atomic mass is 32.1. The molecule has 3 nitrogen and oxygen atoms in total. The molecule has 1 atom stereocenters. The Hall–Kier alpha value is -2.23. The summed E-state index contributed by atoms with van der Waals surface area (Å²) in [7, 11) is 0. The molecule has 0 N–H and O–H groups in total. The summed E-state index contributed by atoms with van der Waals surface area (Å²) in [6.45, 7) is 8.33. The molecule has 0 spiro atoms. The molecule has 1 unspecified atom stereocenters. The van der Waals surface area contributed by atoms with Crippen molar-refractivity contribution in [3.63, 3.8) is 0 Å². The van der Waals surface area contributed by atoms with Gasteiger partial charge in [0.25, 0.3) is 0 Å². The first kappa shape index (κ1) is 19.1. The van der Waals surface area contributed by atoms with Crippen molar-refractivity contribution >= 4 is 32.9 Å². The molecule has 1 aliphatic rings. The van der Waals surface area contributed by atoms with Crippen molar-refractivity contribution in [2.45, 2.75) is 13.5 Å². The van der Waals surface area contributed by atoms with E-state index >= 15 is 0 Å². The van der Waals surface area contributed by atoms with E-state index in [1.54, 1.807) is 11.3 Å². The monoisotopic (exact) mass is 390 g/mol. The van der Waals surface area contributed by atoms with Crippen LogP contribution in [0.5, 0.6) is 0 Å². The number of piperazine rings is 1. The largest absolute Gasteiger partial charge is 0.300 e. The lowest BCUT2D eigenvalue weighted by Gasteiger charge is -2.36. The maximum absolute atomic E-state index is 11.8. The van der Waals surface area contributed by atoms with Crippen LogP contribution < -0.4 is 0 Å². The predicted octanol–water partition coefficient (Wildman–Crippen LogP) is 4.57. The van der Waals surface area contributed by atoms with Crippen LogP contribution in [0, 0.1) is 5.92 Å². The molecular formula is C24H26N2OS. The van der Waals surface area contributed by atoms with E-state index in [4.69, 9.17) is 0 Å². The highest BCUT2D eigenvalue weighted by molar-refractivity contribution is 7.17.